The number of halogens is 1. The van der Waals surface area contributed by atoms with E-state index in [1.165, 1.54) is 0 Å². The Kier molecular flexibility index (Phi) is 6.36. The zero-order chi connectivity index (χ0) is 18.4. The Labute approximate surface area is 162 Å². The van der Waals surface area contributed by atoms with Crippen LogP contribution in [0.4, 0.5) is 0 Å². The highest BCUT2D eigenvalue weighted by Crippen LogP contribution is 2.27. The third kappa shape index (κ3) is 4.68. The average molecular weight is 386 g/mol. The van der Waals surface area contributed by atoms with E-state index in [1.54, 1.807) is 11.8 Å². The molecule has 2 aromatic carbocycles. The summed E-state index contributed by atoms with van der Waals surface area (Å²) >= 11 is 7.68. The van der Waals surface area contributed by atoms with E-state index in [9.17, 15) is 0 Å². The van der Waals surface area contributed by atoms with Crippen molar-refractivity contribution in [1.82, 2.24) is 14.8 Å². The first-order valence-electron chi connectivity index (χ1n) is 8.30. The molecule has 0 spiro atoms. The molecule has 0 radical (unpaired) electrons. The lowest BCUT2D eigenvalue weighted by atomic mass is 10.2. The molecule has 3 aromatic rings. The van der Waals surface area contributed by atoms with Crippen LogP contribution in [0.15, 0.2) is 72.4 Å². The molecule has 6 heteroatoms. The molecule has 0 unspecified atom stereocenters. The van der Waals surface area contributed by atoms with E-state index in [0.29, 0.717) is 6.54 Å². The van der Waals surface area contributed by atoms with Gasteiger partial charge in [0.05, 0.1) is 0 Å². The summed E-state index contributed by atoms with van der Waals surface area (Å²) in [7, 11) is 0. The first-order chi connectivity index (χ1) is 12.7. The maximum Gasteiger partial charge on any atom is 0.191 e. The van der Waals surface area contributed by atoms with Crippen LogP contribution in [-0.2, 0) is 12.3 Å². The van der Waals surface area contributed by atoms with Gasteiger partial charge in [-0.05, 0) is 36.8 Å². The van der Waals surface area contributed by atoms with Gasteiger partial charge in [0.15, 0.2) is 17.1 Å². The van der Waals surface area contributed by atoms with Crippen LogP contribution in [-0.4, -0.2) is 14.8 Å². The average Bonchev–Trinajstić information content (AvgIpc) is 3.04. The van der Waals surface area contributed by atoms with E-state index in [4.69, 9.17) is 16.3 Å². The van der Waals surface area contributed by atoms with Gasteiger partial charge in [0.1, 0.15) is 5.75 Å². The van der Waals surface area contributed by atoms with Gasteiger partial charge >= 0.3 is 0 Å². The fraction of sp³-hybridized carbons (Fsp3) is 0.200. The van der Waals surface area contributed by atoms with E-state index in [0.717, 1.165) is 33.1 Å². The maximum absolute atomic E-state index is 6.06. The van der Waals surface area contributed by atoms with Crippen molar-refractivity contribution in [2.75, 3.05) is 0 Å². The topological polar surface area (TPSA) is 39.9 Å². The Bertz CT molecular complexity index is 867. The van der Waals surface area contributed by atoms with Gasteiger partial charge in [-0.3, -0.25) is 4.57 Å². The summed E-state index contributed by atoms with van der Waals surface area (Å²) < 4.78 is 8.03. The summed E-state index contributed by atoms with van der Waals surface area (Å²) in [6.45, 7) is 6.45. The number of rotatable bonds is 8. The van der Waals surface area contributed by atoms with E-state index >= 15 is 0 Å². The third-order valence-electron chi connectivity index (χ3n) is 3.73. The number of para-hydroxylation sites is 1. The molecule has 3 rings (SSSR count). The minimum Gasteiger partial charge on any atom is -0.483 e. The van der Waals surface area contributed by atoms with Crippen LogP contribution in [0.2, 0.25) is 5.02 Å². The third-order valence-corrected chi connectivity index (χ3v) is 5.01. The summed E-state index contributed by atoms with van der Waals surface area (Å²) in [5.41, 5.74) is 1.14. The van der Waals surface area contributed by atoms with Gasteiger partial charge in [0.25, 0.3) is 0 Å². The fourth-order valence-corrected chi connectivity index (χ4v) is 3.65. The van der Waals surface area contributed by atoms with E-state index in [1.807, 2.05) is 66.1 Å². The zero-order valence-corrected chi connectivity index (χ0v) is 16.1. The van der Waals surface area contributed by atoms with Crippen LogP contribution >= 0.6 is 23.4 Å². The summed E-state index contributed by atoms with van der Waals surface area (Å²) in [6, 6.07) is 17.6. The van der Waals surface area contributed by atoms with Crippen LogP contribution in [0.3, 0.4) is 0 Å². The molecule has 0 fully saturated rings. The van der Waals surface area contributed by atoms with Crippen molar-refractivity contribution in [3.05, 3.63) is 83.7 Å². The summed E-state index contributed by atoms with van der Waals surface area (Å²) in [4.78, 5) is 0. The monoisotopic (exact) mass is 385 g/mol. The van der Waals surface area contributed by atoms with Crippen molar-refractivity contribution in [1.29, 1.82) is 0 Å². The van der Waals surface area contributed by atoms with Crippen LogP contribution < -0.4 is 4.74 Å². The Morgan fingerprint density at radius 1 is 1.19 bits per heavy atom. The molecule has 134 valence electrons. The lowest BCUT2D eigenvalue weighted by Crippen LogP contribution is -2.12. The number of thioether (sulfide) groups is 1. The van der Waals surface area contributed by atoms with Crippen molar-refractivity contribution in [3.8, 4) is 5.75 Å². The van der Waals surface area contributed by atoms with Crippen molar-refractivity contribution in [2.24, 2.45) is 0 Å². The number of allylic oxidation sites excluding steroid dienone is 1. The normalized spacial score (nSPS) is 11.9. The molecular weight excluding hydrogens is 366 g/mol. The van der Waals surface area contributed by atoms with Crippen LogP contribution in [0.5, 0.6) is 5.75 Å². The second-order valence-corrected chi connectivity index (χ2v) is 7.11. The first kappa shape index (κ1) is 18.5. The Balaban J connectivity index is 1.75. The van der Waals surface area contributed by atoms with Gasteiger partial charge in [-0.25, -0.2) is 0 Å². The highest BCUT2D eigenvalue weighted by atomic mass is 35.5. The molecule has 1 atom stereocenters. The molecule has 0 amide bonds. The Morgan fingerprint density at radius 3 is 2.73 bits per heavy atom. The number of ether oxygens (including phenoxy) is 1. The summed E-state index contributed by atoms with van der Waals surface area (Å²) in [5.74, 6) is 2.35. The first-order valence-corrected chi connectivity index (χ1v) is 9.66. The van der Waals surface area contributed by atoms with Gasteiger partial charge < -0.3 is 4.74 Å². The predicted molar refractivity (Wildman–Crippen MR) is 107 cm³/mol. The van der Waals surface area contributed by atoms with Crippen molar-refractivity contribution in [2.45, 2.75) is 30.5 Å². The SMILES string of the molecule is C=CCn1c(SCc2cccc(Cl)c2)nnc1[C@@H](C)Oc1ccccc1. The fourth-order valence-electron chi connectivity index (χ4n) is 2.54. The molecule has 4 nitrogen and oxygen atoms in total. The number of nitrogens with zero attached hydrogens (tertiary/aromatic N) is 3. The van der Waals surface area contributed by atoms with Gasteiger partial charge in [-0.1, -0.05) is 59.8 Å². The molecule has 0 N–H and O–H groups in total. The van der Waals surface area contributed by atoms with Crippen LogP contribution in [0, 0.1) is 0 Å². The molecular formula is C20H20ClN3OS. The number of hydrogen-bond donors (Lipinski definition) is 0. The van der Waals surface area contributed by atoms with Crippen molar-refractivity contribution < 1.29 is 4.74 Å². The lowest BCUT2D eigenvalue weighted by Gasteiger charge is -2.15. The second kappa shape index (κ2) is 8.92. The standard InChI is InChI=1S/C20H20ClN3OS/c1-3-12-24-19(15(2)25-18-10-5-4-6-11-18)22-23-20(24)26-14-16-8-7-9-17(21)13-16/h3-11,13,15H,1,12,14H2,2H3/t15-/m1/s1. The molecule has 0 saturated carbocycles. The number of aromatic nitrogens is 3. The molecule has 0 saturated heterocycles. The molecule has 0 aliphatic rings. The lowest BCUT2D eigenvalue weighted by molar-refractivity contribution is 0.210. The van der Waals surface area contributed by atoms with Crippen molar-refractivity contribution >= 4 is 23.4 Å². The van der Waals surface area contributed by atoms with E-state index < -0.39 is 0 Å². The molecule has 1 heterocycles. The van der Waals surface area contributed by atoms with Gasteiger partial charge in [-0.2, -0.15) is 0 Å². The minimum atomic E-state index is -0.217. The summed E-state index contributed by atoms with van der Waals surface area (Å²) in [6.07, 6.45) is 1.62. The van der Waals surface area contributed by atoms with E-state index in [2.05, 4.69) is 22.8 Å². The number of hydrogen-bond acceptors (Lipinski definition) is 4. The Hall–Kier alpha value is -2.24. The Morgan fingerprint density at radius 2 is 2.00 bits per heavy atom. The van der Waals surface area contributed by atoms with Gasteiger partial charge in [0.2, 0.25) is 0 Å². The van der Waals surface area contributed by atoms with Crippen LogP contribution in [0.25, 0.3) is 0 Å². The number of benzene rings is 2. The molecule has 1 aromatic heterocycles. The quantitative estimate of drug-likeness (QED) is 0.376. The van der Waals surface area contributed by atoms with Gasteiger partial charge in [-0.15, -0.1) is 16.8 Å². The van der Waals surface area contributed by atoms with Gasteiger partial charge in [0, 0.05) is 17.3 Å². The molecule has 26 heavy (non-hydrogen) atoms. The minimum absolute atomic E-state index is 0.217. The zero-order valence-electron chi connectivity index (χ0n) is 14.5. The summed E-state index contributed by atoms with van der Waals surface area (Å²) in [5, 5.41) is 10.3. The maximum atomic E-state index is 6.06. The predicted octanol–water partition coefficient (Wildman–Crippen LogP) is 5.55. The largest absolute Gasteiger partial charge is 0.483 e. The smallest absolute Gasteiger partial charge is 0.191 e. The van der Waals surface area contributed by atoms with E-state index in [-0.39, 0.29) is 6.10 Å². The molecule has 0 bridgehead atoms. The second-order valence-electron chi connectivity index (χ2n) is 5.73. The van der Waals surface area contributed by atoms with Crippen LogP contribution in [0.1, 0.15) is 24.4 Å². The highest BCUT2D eigenvalue weighted by Gasteiger charge is 2.19. The highest BCUT2D eigenvalue weighted by molar-refractivity contribution is 7.98. The molecule has 0 aliphatic carbocycles. The van der Waals surface area contributed by atoms with Crippen molar-refractivity contribution in [3.63, 3.8) is 0 Å². The molecule has 0 aliphatic heterocycles.